The smallest absolute Gasteiger partial charge is 0.131 e. The summed E-state index contributed by atoms with van der Waals surface area (Å²) in [6.45, 7) is 3.14. The van der Waals surface area contributed by atoms with Gasteiger partial charge in [-0.2, -0.15) is 5.26 Å². The Kier molecular flexibility index (Phi) is 4.16. The summed E-state index contributed by atoms with van der Waals surface area (Å²) in [5.41, 5.74) is 0.279. The van der Waals surface area contributed by atoms with Gasteiger partial charge < -0.3 is 5.32 Å². The zero-order valence-electron chi connectivity index (χ0n) is 11.1. The van der Waals surface area contributed by atoms with Crippen molar-refractivity contribution in [3.8, 4) is 6.07 Å². The summed E-state index contributed by atoms with van der Waals surface area (Å²) in [6.07, 6.45) is 4.80. The summed E-state index contributed by atoms with van der Waals surface area (Å²) in [4.78, 5) is 0. The molecule has 1 fully saturated rings. The van der Waals surface area contributed by atoms with Crippen LogP contribution in [0.25, 0.3) is 0 Å². The van der Waals surface area contributed by atoms with Crippen LogP contribution in [-0.4, -0.2) is 6.54 Å². The summed E-state index contributed by atoms with van der Waals surface area (Å²) in [6, 6.07) is 3.90. The highest BCUT2D eigenvalue weighted by Gasteiger charge is 2.28. The molecular weight excluding hydrogens is 246 g/mol. The standard InChI is InChI=1S/C15H18F2N2/c1-15(4-2-3-5-15)10-19-9-12-13(16)6-11(8-18)7-14(12)17/h6-7,19H,2-5,9-10H2,1H3. The largest absolute Gasteiger partial charge is 0.312 e. The van der Waals surface area contributed by atoms with Crippen LogP contribution >= 0.6 is 0 Å². The predicted octanol–water partition coefficient (Wildman–Crippen LogP) is 3.51. The average Bonchev–Trinajstić information content (AvgIpc) is 2.79. The van der Waals surface area contributed by atoms with E-state index in [1.54, 1.807) is 6.07 Å². The zero-order valence-corrected chi connectivity index (χ0v) is 11.1. The number of rotatable bonds is 4. The fraction of sp³-hybridized carbons (Fsp3) is 0.533. The molecule has 1 aliphatic rings. The van der Waals surface area contributed by atoms with Gasteiger partial charge in [0.15, 0.2) is 0 Å². The molecule has 1 aromatic carbocycles. The van der Waals surface area contributed by atoms with Gasteiger partial charge in [0.2, 0.25) is 0 Å². The molecule has 102 valence electrons. The summed E-state index contributed by atoms with van der Waals surface area (Å²) >= 11 is 0. The molecule has 0 aliphatic heterocycles. The molecule has 0 unspecified atom stereocenters. The van der Waals surface area contributed by atoms with Crippen molar-refractivity contribution in [2.24, 2.45) is 5.41 Å². The van der Waals surface area contributed by atoms with E-state index in [4.69, 9.17) is 5.26 Å². The van der Waals surface area contributed by atoms with Crippen LogP contribution in [0.1, 0.15) is 43.7 Å². The highest BCUT2D eigenvalue weighted by atomic mass is 19.1. The minimum atomic E-state index is -0.652. The molecule has 0 bridgehead atoms. The van der Waals surface area contributed by atoms with Crippen molar-refractivity contribution >= 4 is 0 Å². The van der Waals surface area contributed by atoms with Crippen molar-refractivity contribution in [3.05, 3.63) is 34.9 Å². The molecule has 4 heteroatoms. The van der Waals surface area contributed by atoms with E-state index in [9.17, 15) is 8.78 Å². The van der Waals surface area contributed by atoms with E-state index >= 15 is 0 Å². The molecule has 2 nitrogen and oxygen atoms in total. The summed E-state index contributed by atoms with van der Waals surface area (Å²) in [5.74, 6) is -1.30. The third-order valence-electron chi connectivity index (χ3n) is 3.93. The number of hydrogen-bond acceptors (Lipinski definition) is 2. The Labute approximate surface area is 112 Å². The van der Waals surface area contributed by atoms with Gasteiger partial charge in [0.25, 0.3) is 0 Å². The minimum Gasteiger partial charge on any atom is -0.312 e. The molecule has 0 spiro atoms. The zero-order chi connectivity index (χ0) is 13.9. The van der Waals surface area contributed by atoms with Gasteiger partial charge in [0.05, 0.1) is 11.6 Å². The molecule has 2 rings (SSSR count). The van der Waals surface area contributed by atoms with Crippen LogP contribution in [-0.2, 0) is 6.54 Å². The first-order valence-electron chi connectivity index (χ1n) is 6.63. The summed E-state index contributed by atoms with van der Waals surface area (Å²) in [7, 11) is 0. The molecule has 0 heterocycles. The maximum absolute atomic E-state index is 13.7. The summed E-state index contributed by atoms with van der Waals surface area (Å²) in [5, 5.41) is 11.8. The van der Waals surface area contributed by atoms with E-state index in [0.29, 0.717) is 0 Å². The van der Waals surface area contributed by atoms with Crippen LogP contribution in [0.15, 0.2) is 12.1 Å². The monoisotopic (exact) mass is 264 g/mol. The van der Waals surface area contributed by atoms with Crippen LogP contribution in [0, 0.1) is 28.4 Å². The number of benzene rings is 1. The van der Waals surface area contributed by atoms with Crippen molar-refractivity contribution in [1.82, 2.24) is 5.32 Å². The van der Waals surface area contributed by atoms with Crippen molar-refractivity contribution in [2.75, 3.05) is 6.54 Å². The molecular formula is C15H18F2N2. The van der Waals surface area contributed by atoms with Crippen molar-refractivity contribution < 1.29 is 8.78 Å². The molecule has 1 aromatic rings. The molecule has 1 saturated carbocycles. The fourth-order valence-corrected chi connectivity index (χ4v) is 2.73. The number of nitrogens with zero attached hydrogens (tertiary/aromatic N) is 1. The highest BCUT2D eigenvalue weighted by Crippen LogP contribution is 2.36. The van der Waals surface area contributed by atoms with Crippen molar-refractivity contribution in [1.29, 1.82) is 5.26 Å². The third kappa shape index (κ3) is 3.30. The van der Waals surface area contributed by atoms with E-state index in [1.807, 2.05) is 0 Å². The van der Waals surface area contributed by atoms with Crippen LogP contribution in [0.4, 0.5) is 8.78 Å². The first kappa shape index (κ1) is 14.0. The van der Waals surface area contributed by atoms with E-state index < -0.39 is 11.6 Å². The molecule has 0 amide bonds. The van der Waals surface area contributed by atoms with Crippen LogP contribution in [0.3, 0.4) is 0 Å². The molecule has 0 aromatic heterocycles. The fourth-order valence-electron chi connectivity index (χ4n) is 2.73. The Hall–Kier alpha value is -1.47. The van der Waals surface area contributed by atoms with E-state index in [1.165, 1.54) is 25.7 Å². The Morgan fingerprint density at radius 3 is 2.37 bits per heavy atom. The quantitative estimate of drug-likeness (QED) is 0.903. The summed E-state index contributed by atoms with van der Waals surface area (Å²) < 4.78 is 27.3. The van der Waals surface area contributed by atoms with Gasteiger partial charge in [0, 0.05) is 18.7 Å². The Balaban J connectivity index is 1.98. The lowest BCUT2D eigenvalue weighted by Gasteiger charge is -2.24. The average molecular weight is 264 g/mol. The van der Waals surface area contributed by atoms with Crippen LogP contribution in [0.5, 0.6) is 0 Å². The number of halogens is 2. The SMILES string of the molecule is CC1(CNCc2c(F)cc(C#N)cc2F)CCCC1. The van der Waals surface area contributed by atoms with E-state index in [0.717, 1.165) is 18.7 Å². The molecule has 1 N–H and O–H groups in total. The number of hydrogen-bond donors (Lipinski definition) is 1. The predicted molar refractivity (Wildman–Crippen MR) is 69.4 cm³/mol. The van der Waals surface area contributed by atoms with Gasteiger partial charge in [-0.05, 0) is 30.4 Å². The second kappa shape index (κ2) is 5.66. The highest BCUT2D eigenvalue weighted by molar-refractivity contribution is 5.34. The first-order chi connectivity index (χ1) is 9.04. The lowest BCUT2D eigenvalue weighted by Crippen LogP contribution is -2.29. The maximum Gasteiger partial charge on any atom is 0.131 e. The number of nitriles is 1. The van der Waals surface area contributed by atoms with Gasteiger partial charge in [-0.1, -0.05) is 19.8 Å². The Morgan fingerprint density at radius 1 is 1.26 bits per heavy atom. The van der Waals surface area contributed by atoms with Gasteiger partial charge in [-0.15, -0.1) is 0 Å². The van der Waals surface area contributed by atoms with Crippen LogP contribution in [0.2, 0.25) is 0 Å². The van der Waals surface area contributed by atoms with Gasteiger partial charge in [0.1, 0.15) is 11.6 Å². The van der Waals surface area contributed by atoms with Gasteiger partial charge in [-0.25, -0.2) is 8.78 Å². The van der Waals surface area contributed by atoms with E-state index in [2.05, 4.69) is 12.2 Å². The van der Waals surface area contributed by atoms with Gasteiger partial charge in [-0.3, -0.25) is 0 Å². The van der Waals surface area contributed by atoms with E-state index in [-0.39, 0.29) is 23.1 Å². The first-order valence-corrected chi connectivity index (χ1v) is 6.63. The Morgan fingerprint density at radius 2 is 1.84 bits per heavy atom. The molecule has 1 aliphatic carbocycles. The lowest BCUT2D eigenvalue weighted by molar-refractivity contribution is 0.312. The molecule has 0 radical (unpaired) electrons. The third-order valence-corrected chi connectivity index (χ3v) is 3.93. The number of nitrogens with one attached hydrogen (secondary N) is 1. The minimum absolute atomic E-state index is 0.0144. The van der Waals surface area contributed by atoms with Crippen LogP contribution < -0.4 is 5.32 Å². The Bertz CT molecular complexity index is 476. The topological polar surface area (TPSA) is 35.8 Å². The second-order valence-electron chi connectivity index (χ2n) is 5.65. The lowest BCUT2D eigenvalue weighted by atomic mass is 9.89. The molecule has 19 heavy (non-hydrogen) atoms. The van der Waals surface area contributed by atoms with Crippen molar-refractivity contribution in [2.45, 2.75) is 39.2 Å². The maximum atomic E-state index is 13.7. The second-order valence-corrected chi connectivity index (χ2v) is 5.65. The molecule has 0 atom stereocenters. The van der Waals surface area contributed by atoms with Crippen molar-refractivity contribution in [3.63, 3.8) is 0 Å². The molecule has 0 saturated heterocycles. The van der Waals surface area contributed by atoms with Gasteiger partial charge >= 0.3 is 0 Å². The normalized spacial score (nSPS) is 17.4.